The summed E-state index contributed by atoms with van der Waals surface area (Å²) in [6.07, 6.45) is 0.661. The Kier molecular flexibility index (Phi) is 9.58. The molecule has 0 saturated heterocycles. The lowest BCUT2D eigenvalue weighted by Gasteiger charge is -2.24. The van der Waals surface area contributed by atoms with Crippen molar-refractivity contribution in [2.75, 3.05) is 27.2 Å². The Balaban J connectivity index is 0.00000441. The zero-order valence-corrected chi connectivity index (χ0v) is 16.6. The van der Waals surface area contributed by atoms with Crippen LogP contribution in [0.25, 0.3) is 0 Å². The Morgan fingerprint density at radius 1 is 1.36 bits per heavy atom. The normalized spacial score (nSPS) is 12.2. The van der Waals surface area contributed by atoms with E-state index in [-0.39, 0.29) is 35.5 Å². The van der Waals surface area contributed by atoms with Crippen LogP contribution in [0.5, 0.6) is 0 Å². The highest BCUT2D eigenvalue weighted by Gasteiger charge is 2.16. The molecule has 0 aliphatic carbocycles. The van der Waals surface area contributed by atoms with Crippen molar-refractivity contribution in [2.24, 2.45) is 4.99 Å². The molecule has 0 atom stereocenters. The summed E-state index contributed by atoms with van der Waals surface area (Å²) in [6.45, 7) is 9.44. The van der Waals surface area contributed by atoms with Crippen LogP contribution in [0.3, 0.4) is 0 Å². The minimum atomic E-state index is -0.240. The van der Waals surface area contributed by atoms with Gasteiger partial charge in [0, 0.05) is 39.6 Å². The van der Waals surface area contributed by atoms with Gasteiger partial charge in [0.25, 0.3) is 0 Å². The first-order chi connectivity index (χ1) is 9.88. The van der Waals surface area contributed by atoms with E-state index in [1.165, 1.54) is 0 Å². The molecule has 2 N–H and O–H groups in total. The highest BCUT2D eigenvalue weighted by molar-refractivity contribution is 14.0. The summed E-state index contributed by atoms with van der Waals surface area (Å²) in [5.41, 5.74) is -0.240. The number of methoxy groups -OCH3 is 1. The maximum atomic E-state index is 5.35. The smallest absolute Gasteiger partial charge is 0.228 e. The Hall–Kier alpha value is -0.900. The standard InChI is InChI=1S/C14H27N5O2.HI/c1-10(2)12-18-11(21-19-12)7-8-16-13(15-5)17-9-14(3,4)20-6;/h10H,7-9H2,1-6H3,(H2,15,16,17);1H. The van der Waals surface area contributed by atoms with Crippen LogP contribution in [0, 0.1) is 0 Å². The maximum absolute atomic E-state index is 5.35. The molecule has 1 aromatic heterocycles. The van der Waals surface area contributed by atoms with E-state index in [1.54, 1.807) is 14.2 Å². The van der Waals surface area contributed by atoms with Crippen molar-refractivity contribution in [1.29, 1.82) is 0 Å². The fourth-order valence-corrected chi connectivity index (χ4v) is 1.48. The fraction of sp³-hybridized carbons (Fsp3) is 0.786. The molecule has 0 radical (unpaired) electrons. The van der Waals surface area contributed by atoms with Gasteiger partial charge in [-0.05, 0) is 13.8 Å². The summed E-state index contributed by atoms with van der Waals surface area (Å²) in [4.78, 5) is 8.50. The van der Waals surface area contributed by atoms with Gasteiger partial charge in [0.1, 0.15) is 0 Å². The third kappa shape index (κ3) is 7.39. The molecular weight excluding hydrogens is 397 g/mol. The second-order valence-electron chi connectivity index (χ2n) is 5.77. The van der Waals surface area contributed by atoms with Gasteiger partial charge in [-0.25, -0.2) is 0 Å². The largest absolute Gasteiger partial charge is 0.377 e. The second kappa shape index (κ2) is 9.98. The van der Waals surface area contributed by atoms with Crippen molar-refractivity contribution in [2.45, 2.75) is 45.6 Å². The molecule has 0 aliphatic heterocycles. The summed E-state index contributed by atoms with van der Waals surface area (Å²) in [5, 5.41) is 10.4. The van der Waals surface area contributed by atoms with Gasteiger partial charge in [-0.2, -0.15) is 4.98 Å². The Morgan fingerprint density at radius 2 is 2.05 bits per heavy atom. The number of nitrogens with one attached hydrogen (secondary N) is 2. The maximum Gasteiger partial charge on any atom is 0.228 e. The van der Waals surface area contributed by atoms with Crippen LogP contribution in [0.1, 0.15) is 45.3 Å². The van der Waals surface area contributed by atoms with E-state index in [4.69, 9.17) is 9.26 Å². The van der Waals surface area contributed by atoms with Gasteiger partial charge in [-0.1, -0.05) is 19.0 Å². The molecule has 0 aromatic carbocycles. The molecule has 22 heavy (non-hydrogen) atoms. The molecule has 7 nitrogen and oxygen atoms in total. The van der Waals surface area contributed by atoms with Crippen LogP contribution < -0.4 is 10.6 Å². The van der Waals surface area contributed by atoms with E-state index in [9.17, 15) is 0 Å². The minimum Gasteiger partial charge on any atom is -0.377 e. The number of aromatic nitrogens is 2. The van der Waals surface area contributed by atoms with Crippen molar-refractivity contribution in [1.82, 2.24) is 20.8 Å². The molecule has 0 spiro atoms. The number of aliphatic imine (C=N–C) groups is 1. The van der Waals surface area contributed by atoms with Crippen LogP contribution in [0.15, 0.2) is 9.52 Å². The Bertz CT molecular complexity index is 460. The van der Waals surface area contributed by atoms with Crippen LogP contribution >= 0.6 is 24.0 Å². The number of rotatable bonds is 7. The highest BCUT2D eigenvalue weighted by atomic mass is 127. The number of hydrogen-bond donors (Lipinski definition) is 2. The average Bonchev–Trinajstić information content (AvgIpc) is 2.91. The third-order valence-electron chi connectivity index (χ3n) is 3.09. The number of ether oxygens (including phenoxy) is 1. The summed E-state index contributed by atoms with van der Waals surface area (Å²) >= 11 is 0. The molecule has 0 bridgehead atoms. The zero-order chi connectivity index (χ0) is 15.9. The van der Waals surface area contributed by atoms with E-state index in [0.717, 1.165) is 11.8 Å². The van der Waals surface area contributed by atoms with Gasteiger partial charge in [-0.15, -0.1) is 24.0 Å². The quantitative estimate of drug-likeness (QED) is 0.395. The lowest BCUT2D eigenvalue weighted by atomic mass is 10.1. The Labute approximate surface area is 149 Å². The van der Waals surface area contributed by atoms with Gasteiger partial charge in [0.2, 0.25) is 5.89 Å². The zero-order valence-electron chi connectivity index (χ0n) is 14.3. The lowest BCUT2D eigenvalue weighted by Crippen LogP contribution is -2.45. The topological polar surface area (TPSA) is 84.6 Å². The summed E-state index contributed by atoms with van der Waals surface area (Å²) in [7, 11) is 3.43. The number of halogens is 1. The van der Waals surface area contributed by atoms with Crippen molar-refractivity contribution < 1.29 is 9.26 Å². The average molecular weight is 425 g/mol. The van der Waals surface area contributed by atoms with Crippen LogP contribution in [-0.4, -0.2) is 48.9 Å². The van der Waals surface area contributed by atoms with Crippen LogP contribution in [0.4, 0.5) is 0 Å². The molecule has 0 aliphatic rings. The number of nitrogens with zero attached hydrogens (tertiary/aromatic N) is 3. The summed E-state index contributed by atoms with van der Waals surface area (Å²) < 4.78 is 10.5. The first kappa shape index (κ1) is 21.1. The van der Waals surface area contributed by atoms with Crippen molar-refractivity contribution in [3.05, 3.63) is 11.7 Å². The monoisotopic (exact) mass is 425 g/mol. The SMILES string of the molecule is CN=C(NCCc1nc(C(C)C)no1)NCC(C)(C)OC.I. The van der Waals surface area contributed by atoms with E-state index < -0.39 is 0 Å². The molecule has 0 fully saturated rings. The molecule has 1 heterocycles. The first-order valence-electron chi connectivity index (χ1n) is 7.20. The van der Waals surface area contributed by atoms with E-state index in [2.05, 4.69) is 25.8 Å². The van der Waals surface area contributed by atoms with Crippen LogP contribution in [0.2, 0.25) is 0 Å². The fourth-order valence-electron chi connectivity index (χ4n) is 1.48. The molecule has 0 saturated carbocycles. The van der Waals surface area contributed by atoms with Gasteiger partial charge in [-0.3, -0.25) is 4.99 Å². The van der Waals surface area contributed by atoms with Crippen molar-refractivity contribution in [3.63, 3.8) is 0 Å². The second-order valence-corrected chi connectivity index (χ2v) is 5.77. The minimum absolute atomic E-state index is 0. The predicted molar refractivity (Wildman–Crippen MR) is 98.0 cm³/mol. The van der Waals surface area contributed by atoms with Crippen molar-refractivity contribution in [3.8, 4) is 0 Å². The van der Waals surface area contributed by atoms with Gasteiger partial charge >= 0.3 is 0 Å². The molecule has 128 valence electrons. The molecule has 1 aromatic rings. The number of guanidine groups is 1. The summed E-state index contributed by atoms with van der Waals surface area (Å²) in [6, 6.07) is 0. The van der Waals surface area contributed by atoms with Crippen LogP contribution in [-0.2, 0) is 11.2 Å². The first-order valence-corrected chi connectivity index (χ1v) is 7.20. The van der Waals surface area contributed by atoms with E-state index in [1.807, 2.05) is 27.7 Å². The molecular formula is C14H28IN5O2. The summed E-state index contributed by atoms with van der Waals surface area (Å²) in [5.74, 6) is 2.39. The highest BCUT2D eigenvalue weighted by Crippen LogP contribution is 2.09. The lowest BCUT2D eigenvalue weighted by molar-refractivity contribution is 0.0268. The third-order valence-corrected chi connectivity index (χ3v) is 3.09. The predicted octanol–water partition coefficient (Wildman–Crippen LogP) is 1.94. The van der Waals surface area contributed by atoms with Gasteiger partial charge in [0.05, 0.1) is 5.60 Å². The molecule has 8 heteroatoms. The Morgan fingerprint density at radius 3 is 2.55 bits per heavy atom. The molecule has 1 rings (SSSR count). The van der Waals surface area contributed by atoms with Gasteiger partial charge < -0.3 is 19.9 Å². The van der Waals surface area contributed by atoms with Gasteiger partial charge in [0.15, 0.2) is 11.8 Å². The molecule has 0 unspecified atom stereocenters. The van der Waals surface area contributed by atoms with E-state index in [0.29, 0.717) is 25.4 Å². The molecule has 0 amide bonds. The number of hydrogen-bond acceptors (Lipinski definition) is 5. The van der Waals surface area contributed by atoms with E-state index >= 15 is 0 Å². The van der Waals surface area contributed by atoms with Crippen molar-refractivity contribution >= 4 is 29.9 Å².